The number of benzene rings is 1. The largest absolute Gasteiger partial charge is 0.308 e. The summed E-state index contributed by atoms with van der Waals surface area (Å²) in [5.41, 5.74) is 1.60. The topological polar surface area (TPSA) is 49.4 Å². The van der Waals surface area contributed by atoms with E-state index in [1.807, 2.05) is 52.0 Å². The lowest BCUT2D eigenvalue weighted by molar-refractivity contribution is 0.459. The molecule has 0 saturated heterocycles. The van der Waals surface area contributed by atoms with Gasteiger partial charge in [-0.3, -0.25) is 4.31 Å². The first-order valence-electron chi connectivity index (χ1n) is 7.01. The third-order valence-electron chi connectivity index (χ3n) is 3.29. The van der Waals surface area contributed by atoms with E-state index in [0.717, 1.165) is 11.3 Å². The molecule has 0 spiro atoms. The van der Waals surface area contributed by atoms with Gasteiger partial charge in [-0.05, 0) is 24.0 Å². The molecule has 0 saturated carbocycles. The van der Waals surface area contributed by atoms with E-state index in [2.05, 4.69) is 5.32 Å². The average Bonchev–Trinajstić information content (AvgIpc) is 2.47. The summed E-state index contributed by atoms with van der Waals surface area (Å²) in [6, 6.07) is 7.87. The third kappa shape index (κ3) is 3.52. The number of sulfonamides is 1. The third-order valence-corrected chi connectivity index (χ3v) is 5.54. The molecular formula is C15H24N2O2S. The number of nitrogens with one attached hydrogen (secondary N) is 1. The molecule has 1 heterocycles. The Morgan fingerprint density at radius 2 is 1.95 bits per heavy atom. The fraction of sp³-hybridized carbons (Fsp3) is 0.600. The van der Waals surface area contributed by atoms with E-state index in [4.69, 9.17) is 0 Å². The quantitative estimate of drug-likeness (QED) is 0.911. The number of fused-ring (bicyclic) bond motifs is 1. The highest BCUT2D eigenvalue weighted by molar-refractivity contribution is 7.92. The van der Waals surface area contributed by atoms with Crippen LogP contribution in [0.5, 0.6) is 0 Å². The summed E-state index contributed by atoms with van der Waals surface area (Å²) in [4.78, 5) is 0. The number of anilines is 1. The summed E-state index contributed by atoms with van der Waals surface area (Å²) in [6.07, 6.45) is 0. The second-order valence-electron chi connectivity index (χ2n) is 6.76. The first kappa shape index (κ1) is 15.3. The van der Waals surface area contributed by atoms with Crippen LogP contribution >= 0.6 is 0 Å². The van der Waals surface area contributed by atoms with Crippen molar-refractivity contribution in [3.05, 3.63) is 29.8 Å². The van der Waals surface area contributed by atoms with E-state index in [-0.39, 0.29) is 17.2 Å². The zero-order valence-corrected chi connectivity index (χ0v) is 13.5. The normalized spacial score (nSPS) is 20.4. The first-order valence-corrected chi connectivity index (χ1v) is 8.62. The number of nitrogens with zero attached hydrogens (tertiary/aromatic N) is 1. The van der Waals surface area contributed by atoms with Crippen LogP contribution < -0.4 is 9.62 Å². The van der Waals surface area contributed by atoms with Crippen LogP contribution in [-0.2, 0) is 16.6 Å². The minimum atomic E-state index is -3.32. The maximum atomic E-state index is 12.8. The van der Waals surface area contributed by atoms with E-state index < -0.39 is 10.0 Å². The predicted molar refractivity (Wildman–Crippen MR) is 83.3 cm³/mol. The average molecular weight is 296 g/mol. The molecular weight excluding hydrogens is 272 g/mol. The fourth-order valence-corrected chi connectivity index (χ4v) is 4.67. The van der Waals surface area contributed by atoms with Crippen LogP contribution in [0.15, 0.2) is 24.3 Å². The lowest BCUT2D eigenvalue weighted by Crippen LogP contribution is -2.42. The second-order valence-corrected chi connectivity index (χ2v) is 8.65. The van der Waals surface area contributed by atoms with Gasteiger partial charge in [-0.1, -0.05) is 39.0 Å². The van der Waals surface area contributed by atoms with Gasteiger partial charge in [0.25, 0.3) is 0 Å². The molecule has 1 aromatic carbocycles. The Bertz CT molecular complexity index is 576. The van der Waals surface area contributed by atoms with Crippen molar-refractivity contribution >= 4 is 15.7 Å². The molecule has 2 rings (SSSR count). The van der Waals surface area contributed by atoms with Crippen LogP contribution in [0.4, 0.5) is 5.69 Å². The van der Waals surface area contributed by atoms with Gasteiger partial charge in [0.05, 0.1) is 11.4 Å². The van der Waals surface area contributed by atoms with Gasteiger partial charge in [0, 0.05) is 19.1 Å². The van der Waals surface area contributed by atoms with E-state index in [9.17, 15) is 8.42 Å². The molecule has 112 valence electrons. The maximum absolute atomic E-state index is 12.8. The predicted octanol–water partition coefficient (Wildman–Crippen LogP) is 2.36. The number of para-hydroxylation sites is 1. The minimum Gasteiger partial charge on any atom is -0.308 e. The standard InChI is InChI=1S/C15H24N2O2S/c1-12-10-17(20(18,19)11-15(2,3)4)14-8-6-5-7-13(14)9-16-12/h5-8,12,16H,9-11H2,1-4H3. The van der Waals surface area contributed by atoms with E-state index in [0.29, 0.717) is 13.1 Å². The molecule has 0 aliphatic carbocycles. The van der Waals surface area contributed by atoms with Crippen molar-refractivity contribution in [2.75, 3.05) is 16.6 Å². The maximum Gasteiger partial charge on any atom is 0.235 e. The van der Waals surface area contributed by atoms with Crippen molar-refractivity contribution in [1.82, 2.24) is 5.32 Å². The molecule has 5 heteroatoms. The number of rotatable bonds is 2. The molecule has 0 amide bonds. The number of hydrogen-bond acceptors (Lipinski definition) is 3. The summed E-state index contributed by atoms with van der Waals surface area (Å²) < 4.78 is 27.1. The Kier molecular flexibility index (Phi) is 4.12. The molecule has 1 N–H and O–H groups in total. The Morgan fingerprint density at radius 1 is 1.30 bits per heavy atom. The van der Waals surface area contributed by atoms with Crippen molar-refractivity contribution in [2.45, 2.75) is 40.3 Å². The van der Waals surface area contributed by atoms with Crippen LogP contribution in [0.1, 0.15) is 33.3 Å². The van der Waals surface area contributed by atoms with Gasteiger partial charge in [0.1, 0.15) is 0 Å². The lowest BCUT2D eigenvalue weighted by atomic mass is 10.0. The Balaban J connectivity index is 2.43. The van der Waals surface area contributed by atoms with Gasteiger partial charge in [-0.15, -0.1) is 0 Å². The summed E-state index contributed by atoms with van der Waals surface area (Å²) in [6.45, 7) is 9.07. The zero-order chi connectivity index (χ0) is 15.0. The van der Waals surface area contributed by atoms with E-state index in [1.165, 1.54) is 0 Å². The van der Waals surface area contributed by atoms with Gasteiger partial charge >= 0.3 is 0 Å². The van der Waals surface area contributed by atoms with Crippen LogP contribution in [-0.4, -0.2) is 26.8 Å². The van der Waals surface area contributed by atoms with Crippen molar-refractivity contribution in [1.29, 1.82) is 0 Å². The van der Waals surface area contributed by atoms with Crippen molar-refractivity contribution < 1.29 is 8.42 Å². The summed E-state index contributed by atoms with van der Waals surface area (Å²) >= 11 is 0. The van der Waals surface area contributed by atoms with Crippen molar-refractivity contribution in [2.24, 2.45) is 5.41 Å². The summed E-state index contributed by atoms with van der Waals surface area (Å²) in [5.74, 6) is 0.154. The Hall–Kier alpha value is -1.07. The molecule has 1 aliphatic heterocycles. The monoisotopic (exact) mass is 296 g/mol. The second kappa shape index (κ2) is 5.37. The first-order chi connectivity index (χ1) is 9.19. The molecule has 1 aliphatic rings. The highest BCUT2D eigenvalue weighted by atomic mass is 32.2. The van der Waals surface area contributed by atoms with Gasteiger partial charge in [-0.25, -0.2) is 8.42 Å². The van der Waals surface area contributed by atoms with Crippen LogP contribution in [0.3, 0.4) is 0 Å². The molecule has 0 fully saturated rings. The minimum absolute atomic E-state index is 0.136. The van der Waals surface area contributed by atoms with Gasteiger partial charge in [0.15, 0.2) is 0 Å². The molecule has 0 radical (unpaired) electrons. The fourth-order valence-electron chi connectivity index (χ4n) is 2.49. The number of hydrogen-bond donors (Lipinski definition) is 1. The van der Waals surface area contributed by atoms with Crippen LogP contribution in [0, 0.1) is 5.41 Å². The zero-order valence-electron chi connectivity index (χ0n) is 12.7. The van der Waals surface area contributed by atoms with E-state index in [1.54, 1.807) is 4.31 Å². The lowest BCUT2D eigenvalue weighted by Gasteiger charge is -2.29. The Labute approximate surface area is 122 Å². The molecule has 1 atom stereocenters. The summed E-state index contributed by atoms with van der Waals surface area (Å²) in [7, 11) is -3.32. The van der Waals surface area contributed by atoms with Gasteiger partial charge in [-0.2, -0.15) is 0 Å². The summed E-state index contributed by atoms with van der Waals surface area (Å²) in [5, 5.41) is 3.36. The highest BCUT2D eigenvalue weighted by Gasteiger charge is 2.31. The SMILES string of the molecule is CC1CN(S(=O)(=O)CC(C)(C)C)c2ccccc2CN1. The van der Waals surface area contributed by atoms with Gasteiger partial charge < -0.3 is 5.32 Å². The van der Waals surface area contributed by atoms with Crippen LogP contribution in [0.2, 0.25) is 0 Å². The van der Waals surface area contributed by atoms with Crippen LogP contribution in [0.25, 0.3) is 0 Å². The molecule has 1 aromatic rings. The molecule has 20 heavy (non-hydrogen) atoms. The highest BCUT2D eigenvalue weighted by Crippen LogP contribution is 2.28. The van der Waals surface area contributed by atoms with Gasteiger partial charge in [0.2, 0.25) is 10.0 Å². The molecule has 4 nitrogen and oxygen atoms in total. The smallest absolute Gasteiger partial charge is 0.235 e. The Morgan fingerprint density at radius 3 is 2.60 bits per heavy atom. The molecule has 0 bridgehead atoms. The molecule has 1 unspecified atom stereocenters. The van der Waals surface area contributed by atoms with E-state index >= 15 is 0 Å². The van der Waals surface area contributed by atoms with Crippen molar-refractivity contribution in [3.63, 3.8) is 0 Å². The van der Waals surface area contributed by atoms with Crippen molar-refractivity contribution in [3.8, 4) is 0 Å². The molecule has 0 aromatic heterocycles.